The van der Waals surface area contributed by atoms with Crippen molar-refractivity contribution in [2.45, 2.75) is 0 Å². The maximum Gasteiger partial charge on any atom is 0.149 e. The average Bonchev–Trinajstić information content (AvgIpc) is 2.51. The summed E-state index contributed by atoms with van der Waals surface area (Å²) in [5, 5.41) is 11.8. The SMILES string of the molecule is CN(C)c1ccc(-c2cc(Cl)c3cccnc3c2O)cc1. The van der Waals surface area contributed by atoms with E-state index in [1.54, 1.807) is 18.3 Å². The fourth-order valence-corrected chi connectivity index (χ4v) is 2.61. The number of aromatic nitrogens is 1. The summed E-state index contributed by atoms with van der Waals surface area (Å²) in [5.41, 5.74) is 3.23. The van der Waals surface area contributed by atoms with Crippen LogP contribution in [0.1, 0.15) is 0 Å². The Balaban J connectivity index is 2.18. The first kappa shape index (κ1) is 13.7. The van der Waals surface area contributed by atoms with E-state index in [1.165, 1.54) is 0 Å². The third-order valence-corrected chi connectivity index (χ3v) is 3.82. The van der Waals surface area contributed by atoms with E-state index in [2.05, 4.69) is 4.98 Å². The number of benzene rings is 2. The van der Waals surface area contributed by atoms with Crippen molar-refractivity contribution < 1.29 is 5.11 Å². The van der Waals surface area contributed by atoms with Crippen LogP contribution in [0.2, 0.25) is 5.02 Å². The smallest absolute Gasteiger partial charge is 0.149 e. The average molecular weight is 299 g/mol. The first-order valence-electron chi connectivity index (χ1n) is 6.62. The molecule has 0 amide bonds. The summed E-state index contributed by atoms with van der Waals surface area (Å²) in [6.45, 7) is 0. The van der Waals surface area contributed by atoms with Crippen LogP contribution in [0.4, 0.5) is 5.69 Å². The highest BCUT2D eigenvalue weighted by atomic mass is 35.5. The van der Waals surface area contributed by atoms with Gasteiger partial charge in [0.15, 0.2) is 0 Å². The molecule has 0 aliphatic carbocycles. The molecule has 0 radical (unpaired) electrons. The molecule has 1 aromatic heterocycles. The molecule has 0 fully saturated rings. The predicted molar refractivity (Wildman–Crippen MR) is 88.2 cm³/mol. The van der Waals surface area contributed by atoms with Gasteiger partial charge in [0, 0.05) is 36.9 Å². The summed E-state index contributed by atoms with van der Waals surface area (Å²) in [6, 6.07) is 13.4. The van der Waals surface area contributed by atoms with Crippen molar-refractivity contribution in [1.29, 1.82) is 0 Å². The highest BCUT2D eigenvalue weighted by Gasteiger charge is 2.13. The standard InChI is InChI=1S/C17H15ClN2O/c1-20(2)12-7-5-11(6-8-12)14-10-15(18)13-4-3-9-19-16(13)17(14)21/h3-10,21H,1-2H3. The molecule has 0 bridgehead atoms. The summed E-state index contributed by atoms with van der Waals surface area (Å²) < 4.78 is 0. The number of rotatable bonds is 2. The number of anilines is 1. The lowest BCUT2D eigenvalue weighted by Gasteiger charge is -2.14. The lowest BCUT2D eigenvalue weighted by Crippen LogP contribution is -2.07. The van der Waals surface area contributed by atoms with Crippen LogP contribution in [0.25, 0.3) is 22.0 Å². The number of hydrogen-bond donors (Lipinski definition) is 1. The normalized spacial score (nSPS) is 10.8. The van der Waals surface area contributed by atoms with E-state index in [9.17, 15) is 5.11 Å². The molecule has 0 atom stereocenters. The Kier molecular flexibility index (Phi) is 3.43. The van der Waals surface area contributed by atoms with Crippen molar-refractivity contribution in [3.8, 4) is 16.9 Å². The summed E-state index contributed by atoms with van der Waals surface area (Å²) in [6.07, 6.45) is 1.65. The predicted octanol–water partition coefficient (Wildman–Crippen LogP) is 4.33. The Labute approximate surface area is 128 Å². The molecule has 0 aliphatic heterocycles. The van der Waals surface area contributed by atoms with E-state index in [-0.39, 0.29) is 5.75 Å². The van der Waals surface area contributed by atoms with Crippen molar-refractivity contribution in [3.63, 3.8) is 0 Å². The molecule has 0 saturated heterocycles. The molecular formula is C17H15ClN2O. The second kappa shape index (κ2) is 5.26. The quantitative estimate of drug-likeness (QED) is 0.765. The lowest BCUT2D eigenvalue weighted by atomic mass is 10.0. The fourth-order valence-electron chi connectivity index (χ4n) is 2.35. The fraction of sp³-hybridized carbons (Fsp3) is 0.118. The monoisotopic (exact) mass is 298 g/mol. The van der Waals surface area contributed by atoms with Crippen LogP contribution >= 0.6 is 11.6 Å². The summed E-state index contributed by atoms with van der Waals surface area (Å²) in [4.78, 5) is 6.26. The van der Waals surface area contributed by atoms with Crippen LogP contribution < -0.4 is 4.90 Å². The molecular weight excluding hydrogens is 284 g/mol. The Morgan fingerprint density at radius 2 is 1.81 bits per heavy atom. The van der Waals surface area contributed by atoms with E-state index in [0.29, 0.717) is 16.1 Å². The zero-order valence-electron chi connectivity index (χ0n) is 11.8. The molecule has 1 N–H and O–H groups in total. The van der Waals surface area contributed by atoms with E-state index in [4.69, 9.17) is 11.6 Å². The molecule has 0 saturated carbocycles. The summed E-state index contributed by atoms with van der Waals surface area (Å²) in [5.74, 6) is 0.160. The van der Waals surface area contributed by atoms with Gasteiger partial charge in [-0.25, -0.2) is 0 Å². The van der Waals surface area contributed by atoms with Crippen molar-refractivity contribution in [2.24, 2.45) is 0 Å². The molecule has 3 aromatic rings. The number of pyridine rings is 1. The summed E-state index contributed by atoms with van der Waals surface area (Å²) >= 11 is 6.31. The van der Waals surface area contributed by atoms with Gasteiger partial charge < -0.3 is 10.0 Å². The van der Waals surface area contributed by atoms with Gasteiger partial charge in [0.2, 0.25) is 0 Å². The van der Waals surface area contributed by atoms with Gasteiger partial charge in [0.1, 0.15) is 11.3 Å². The van der Waals surface area contributed by atoms with Crippen molar-refractivity contribution in [1.82, 2.24) is 4.98 Å². The van der Waals surface area contributed by atoms with Gasteiger partial charge in [-0.1, -0.05) is 23.7 Å². The number of hydrogen-bond acceptors (Lipinski definition) is 3. The van der Waals surface area contributed by atoms with E-state index in [0.717, 1.165) is 16.6 Å². The molecule has 21 heavy (non-hydrogen) atoms. The Morgan fingerprint density at radius 1 is 1.10 bits per heavy atom. The second-order valence-electron chi connectivity index (χ2n) is 5.10. The zero-order chi connectivity index (χ0) is 15.0. The third kappa shape index (κ3) is 2.41. The van der Waals surface area contributed by atoms with E-state index >= 15 is 0 Å². The molecule has 0 spiro atoms. The molecule has 3 rings (SSSR count). The third-order valence-electron chi connectivity index (χ3n) is 3.51. The minimum absolute atomic E-state index is 0.160. The first-order chi connectivity index (χ1) is 10.1. The topological polar surface area (TPSA) is 36.4 Å². The van der Waals surface area contributed by atoms with Crippen LogP contribution in [0, 0.1) is 0 Å². The number of nitrogens with zero attached hydrogens (tertiary/aromatic N) is 2. The number of fused-ring (bicyclic) bond motifs is 1. The van der Waals surface area contributed by atoms with Gasteiger partial charge in [0.05, 0.1) is 5.02 Å². The van der Waals surface area contributed by atoms with Crippen LogP contribution in [0.15, 0.2) is 48.7 Å². The van der Waals surface area contributed by atoms with Crippen molar-refractivity contribution >= 4 is 28.2 Å². The Hall–Kier alpha value is -2.26. The highest BCUT2D eigenvalue weighted by molar-refractivity contribution is 6.36. The van der Waals surface area contributed by atoms with Gasteiger partial charge in [-0.15, -0.1) is 0 Å². The van der Waals surface area contributed by atoms with Crippen molar-refractivity contribution in [3.05, 3.63) is 53.7 Å². The molecule has 0 unspecified atom stereocenters. The molecule has 3 nitrogen and oxygen atoms in total. The van der Waals surface area contributed by atoms with Crippen LogP contribution in [-0.2, 0) is 0 Å². The maximum absolute atomic E-state index is 10.5. The largest absolute Gasteiger partial charge is 0.505 e. The van der Waals surface area contributed by atoms with Crippen LogP contribution in [-0.4, -0.2) is 24.2 Å². The van der Waals surface area contributed by atoms with Gasteiger partial charge >= 0.3 is 0 Å². The highest BCUT2D eigenvalue weighted by Crippen LogP contribution is 2.39. The van der Waals surface area contributed by atoms with E-state index < -0.39 is 0 Å². The molecule has 2 aromatic carbocycles. The summed E-state index contributed by atoms with van der Waals surface area (Å²) in [7, 11) is 3.98. The number of phenolic OH excluding ortho intramolecular Hbond substituents is 1. The van der Waals surface area contributed by atoms with Crippen LogP contribution in [0.3, 0.4) is 0 Å². The van der Waals surface area contributed by atoms with Gasteiger partial charge in [-0.05, 0) is 35.9 Å². The number of halogens is 1. The van der Waals surface area contributed by atoms with Crippen molar-refractivity contribution in [2.75, 3.05) is 19.0 Å². The first-order valence-corrected chi connectivity index (χ1v) is 6.99. The second-order valence-corrected chi connectivity index (χ2v) is 5.50. The van der Waals surface area contributed by atoms with Gasteiger partial charge in [-0.2, -0.15) is 0 Å². The molecule has 106 valence electrons. The van der Waals surface area contributed by atoms with E-state index in [1.807, 2.05) is 49.3 Å². The number of phenols is 1. The minimum atomic E-state index is 0.160. The molecule has 4 heteroatoms. The zero-order valence-corrected chi connectivity index (χ0v) is 12.6. The maximum atomic E-state index is 10.5. The minimum Gasteiger partial charge on any atom is -0.505 e. The van der Waals surface area contributed by atoms with Gasteiger partial charge in [-0.3, -0.25) is 4.98 Å². The Bertz CT molecular complexity index is 798. The number of aromatic hydroxyl groups is 1. The van der Waals surface area contributed by atoms with Crippen LogP contribution in [0.5, 0.6) is 5.75 Å². The van der Waals surface area contributed by atoms with Gasteiger partial charge in [0.25, 0.3) is 0 Å². The Morgan fingerprint density at radius 3 is 2.48 bits per heavy atom. The molecule has 0 aliphatic rings. The lowest BCUT2D eigenvalue weighted by molar-refractivity contribution is 0.482. The molecule has 1 heterocycles.